The van der Waals surface area contributed by atoms with Crippen molar-refractivity contribution >= 4 is 40.6 Å². The van der Waals surface area contributed by atoms with Gasteiger partial charge in [0.05, 0.1) is 5.56 Å². The Bertz CT molecular complexity index is 762. The van der Waals surface area contributed by atoms with E-state index in [4.69, 9.17) is 27.9 Å². The molecule has 22 heavy (non-hydrogen) atoms. The zero-order valence-corrected chi connectivity index (χ0v) is 12.8. The van der Waals surface area contributed by atoms with Crippen LogP contribution in [0.4, 0.5) is 5.69 Å². The first-order chi connectivity index (χ1) is 10.7. The fourth-order valence-corrected chi connectivity index (χ4v) is 2.21. The minimum Gasteiger partial charge on any atom is -0.454 e. The Morgan fingerprint density at radius 3 is 2.82 bits per heavy atom. The number of ether oxygens (including phenoxy) is 1. The van der Waals surface area contributed by atoms with E-state index in [-0.39, 0.29) is 11.8 Å². The molecule has 2 N–H and O–H groups in total. The molecule has 0 fully saturated rings. The summed E-state index contributed by atoms with van der Waals surface area (Å²) in [7, 11) is 0. The van der Waals surface area contributed by atoms with E-state index in [0.717, 1.165) is 0 Å². The lowest BCUT2D eigenvalue weighted by Gasteiger charge is -2.12. The SMILES string of the molecule is O=C(CCl)NNC1=Nc2ccccc2Oc2ccc(Cl)cc21. The molecule has 0 radical (unpaired) electrons. The number of nitrogens with one attached hydrogen (secondary N) is 2. The van der Waals surface area contributed by atoms with Crippen LogP contribution in [0.1, 0.15) is 5.56 Å². The summed E-state index contributed by atoms with van der Waals surface area (Å²) in [6, 6.07) is 12.5. The third kappa shape index (κ3) is 3.00. The molecule has 0 aliphatic carbocycles. The monoisotopic (exact) mass is 335 g/mol. The zero-order chi connectivity index (χ0) is 15.5. The second kappa shape index (κ2) is 6.25. The number of nitrogens with zero attached hydrogens (tertiary/aromatic N) is 1. The molecule has 2 aromatic rings. The molecule has 112 valence electrons. The summed E-state index contributed by atoms with van der Waals surface area (Å²) in [4.78, 5) is 15.8. The van der Waals surface area contributed by atoms with Gasteiger partial charge in [0.2, 0.25) is 0 Å². The molecular weight excluding hydrogens is 325 g/mol. The van der Waals surface area contributed by atoms with Gasteiger partial charge in [0.25, 0.3) is 5.91 Å². The van der Waals surface area contributed by atoms with Crippen molar-refractivity contribution in [3.8, 4) is 11.5 Å². The topological polar surface area (TPSA) is 62.7 Å². The van der Waals surface area contributed by atoms with Crippen molar-refractivity contribution < 1.29 is 9.53 Å². The van der Waals surface area contributed by atoms with Gasteiger partial charge in [-0.15, -0.1) is 11.6 Å². The molecular formula is C15H11Cl2N3O2. The third-order valence-corrected chi connectivity index (χ3v) is 3.43. The van der Waals surface area contributed by atoms with Crippen molar-refractivity contribution in [2.45, 2.75) is 0 Å². The number of carbonyl (C=O) groups excluding carboxylic acids is 1. The fraction of sp³-hybridized carbons (Fsp3) is 0.0667. The Balaban J connectivity index is 2.05. The first-order valence-electron chi connectivity index (χ1n) is 6.43. The Hall–Kier alpha value is -2.24. The maximum absolute atomic E-state index is 11.3. The molecule has 1 aliphatic rings. The van der Waals surface area contributed by atoms with E-state index in [1.54, 1.807) is 18.2 Å². The highest BCUT2D eigenvalue weighted by atomic mass is 35.5. The fourth-order valence-electron chi connectivity index (χ4n) is 1.97. The first-order valence-corrected chi connectivity index (χ1v) is 7.35. The van der Waals surface area contributed by atoms with E-state index in [0.29, 0.717) is 33.6 Å². The summed E-state index contributed by atoms with van der Waals surface area (Å²) in [5.74, 6) is 1.09. The van der Waals surface area contributed by atoms with Gasteiger partial charge in [-0.25, -0.2) is 4.99 Å². The van der Waals surface area contributed by atoms with Gasteiger partial charge in [-0.2, -0.15) is 0 Å². The summed E-state index contributed by atoms with van der Waals surface area (Å²) in [6.45, 7) is 0. The number of amidine groups is 1. The van der Waals surface area contributed by atoms with E-state index in [9.17, 15) is 4.79 Å². The summed E-state index contributed by atoms with van der Waals surface area (Å²) >= 11 is 11.5. The van der Waals surface area contributed by atoms with Crippen LogP contribution in [0.15, 0.2) is 47.5 Å². The smallest absolute Gasteiger partial charge is 0.253 e. The van der Waals surface area contributed by atoms with Crippen molar-refractivity contribution in [3.63, 3.8) is 0 Å². The lowest BCUT2D eigenvalue weighted by atomic mass is 10.2. The number of benzene rings is 2. The third-order valence-electron chi connectivity index (χ3n) is 2.96. The molecule has 0 bridgehead atoms. The van der Waals surface area contributed by atoms with E-state index >= 15 is 0 Å². The predicted molar refractivity (Wildman–Crippen MR) is 86.2 cm³/mol. The molecule has 3 rings (SSSR count). The standard InChI is InChI=1S/C15H11Cl2N3O2/c16-8-14(21)19-20-15-10-7-9(17)5-6-12(10)22-13-4-2-1-3-11(13)18-15/h1-7H,8H2,(H,18,20)(H,19,21). The van der Waals surface area contributed by atoms with Crippen molar-refractivity contribution in [2.24, 2.45) is 4.99 Å². The van der Waals surface area contributed by atoms with E-state index < -0.39 is 0 Å². The van der Waals surface area contributed by atoms with Crippen LogP contribution in [0, 0.1) is 0 Å². The van der Waals surface area contributed by atoms with E-state index in [1.165, 1.54) is 0 Å². The van der Waals surface area contributed by atoms with Crippen molar-refractivity contribution in [1.82, 2.24) is 10.9 Å². The molecule has 0 saturated heterocycles. The molecule has 7 heteroatoms. The summed E-state index contributed by atoms with van der Waals surface area (Å²) in [5.41, 5.74) is 6.51. The highest BCUT2D eigenvalue weighted by Crippen LogP contribution is 2.37. The van der Waals surface area contributed by atoms with Crippen molar-refractivity contribution in [1.29, 1.82) is 0 Å². The van der Waals surface area contributed by atoms with Crippen LogP contribution < -0.4 is 15.6 Å². The predicted octanol–water partition coefficient (Wildman–Crippen LogP) is 3.38. The number of fused-ring (bicyclic) bond motifs is 2. The quantitative estimate of drug-likeness (QED) is 0.620. The van der Waals surface area contributed by atoms with Crippen LogP contribution in [-0.4, -0.2) is 17.6 Å². The number of hydrogen-bond acceptors (Lipinski definition) is 4. The molecule has 0 spiro atoms. The van der Waals surface area contributed by atoms with Gasteiger partial charge in [0.1, 0.15) is 17.3 Å². The number of amides is 1. The maximum atomic E-state index is 11.3. The number of alkyl halides is 1. The maximum Gasteiger partial charge on any atom is 0.253 e. The molecule has 1 aliphatic heterocycles. The molecule has 2 aromatic carbocycles. The molecule has 0 atom stereocenters. The summed E-state index contributed by atoms with van der Waals surface area (Å²) < 4.78 is 5.87. The number of rotatable bonds is 1. The highest BCUT2D eigenvalue weighted by molar-refractivity contribution is 6.31. The number of para-hydroxylation sites is 2. The van der Waals surface area contributed by atoms with Crippen LogP contribution in [0.25, 0.3) is 0 Å². The van der Waals surface area contributed by atoms with Crippen molar-refractivity contribution in [3.05, 3.63) is 53.1 Å². The Kier molecular flexibility index (Phi) is 4.18. The Labute approximate surface area is 136 Å². The molecule has 0 saturated carbocycles. The lowest BCUT2D eigenvalue weighted by Crippen LogP contribution is -2.42. The van der Waals surface area contributed by atoms with Gasteiger partial charge in [0.15, 0.2) is 11.6 Å². The average Bonchev–Trinajstić information content (AvgIpc) is 2.69. The number of halogens is 2. The van der Waals surface area contributed by atoms with Crippen LogP contribution in [0.5, 0.6) is 11.5 Å². The highest BCUT2D eigenvalue weighted by Gasteiger charge is 2.18. The molecule has 5 nitrogen and oxygen atoms in total. The second-order valence-corrected chi connectivity index (χ2v) is 5.18. The summed E-state index contributed by atoms with van der Waals surface area (Å²) in [5, 5.41) is 0.534. The summed E-state index contributed by atoms with van der Waals surface area (Å²) in [6.07, 6.45) is 0. The van der Waals surface area contributed by atoms with E-state index in [1.807, 2.05) is 24.3 Å². The van der Waals surface area contributed by atoms with Crippen LogP contribution >= 0.6 is 23.2 Å². The van der Waals surface area contributed by atoms with Gasteiger partial charge in [-0.3, -0.25) is 15.6 Å². The van der Waals surface area contributed by atoms with Crippen LogP contribution in [0.3, 0.4) is 0 Å². The van der Waals surface area contributed by atoms with Gasteiger partial charge >= 0.3 is 0 Å². The minimum absolute atomic E-state index is 0.157. The number of carbonyl (C=O) groups is 1. The van der Waals surface area contributed by atoms with Crippen LogP contribution in [0.2, 0.25) is 5.02 Å². The van der Waals surface area contributed by atoms with E-state index in [2.05, 4.69) is 15.8 Å². The Morgan fingerprint density at radius 1 is 1.18 bits per heavy atom. The number of hydrazine groups is 1. The van der Waals surface area contributed by atoms with Gasteiger partial charge in [-0.1, -0.05) is 23.7 Å². The number of hydrogen-bond donors (Lipinski definition) is 2. The Morgan fingerprint density at radius 2 is 2.00 bits per heavy atom. The molecule has 0 aromatic heterocycles. The zero-order valence-electron chi connectivity index (χ0n) is 11.3. The first kappa shape index (κ1) is 14.7. The molecule has 1 heterocycles. The molecule has 1 amide bonds. The lowest BCUT2D eigenvalue weighted by molar-refractivity contribution is -0.119. The normalized spacial score (nSPS) is 12.2. The average molecular weight is 336 g/mol. The van der Waals surface area contributed by atoms with Gasteiger partial charge < -0.3 is 4.74 Å². The number of aliphatic imine (C=N–C) groups is 1. The van der Waals surface area contributed by atoms with Gasteiger partial charge in [-0.05, 0) is 30.3 Å². The minimum atomic E-state index is -0.369. The van der Waals surface area contributed by atoms with Crippen molar-refractivity contribution in [2.75, 3.05) is 5.88 Å². The van der Waals surface area contributed by atoms with Gasteiger partial charge in [0, 0.05) is 5.02 Å². The molecule has 0 unspecified atom stereocenters. The largest absolute Gasteiger partial charge is 0.454 e. The van der Waals surface area contributed by atoms with Crippen LogP contribution in [-0.2, 0) is 4.79 Å². The second-order valence-electron chi connectivity index (χ2n) is 4.48.